The highest BCUT2D eigenvalue weighted by Gasteiger charge is 2.45. The van der Waals surface area contributed by atoms with Crippen molar-refractivity contribution in [1.82, 2.24) is 94.5 Å². The van der Waals surface area contributed by atoms with Crippen molar-refractivity contribution in [2.75, 3.05) is 58.4 Å². The average Bonchev–Trinajstić information content (AvgIpc) is 0.781. The van der Waals surface area contributed by atoms with Crippen molar-refractivity contribution >= 4 is 130 Å². The topological polar surface area (TPSA) is 729 Å². The zero-order valence-corrected chi connectivity index (χ0v) is 83.0. The summed E-state index contributed by atoms with van der Waals surface area (Å²) in [4.78, 5) is 282. The van der Waals surface area contributed by atoms with Crippen molar-refractivity contribution < 1.29 is 106 Å². The van der Waals surface area contributed by atoms with Gasteiger partial charge in [0.15, 0.2) is 5.96 Å². The van der Waals surface area contributed by atoms with Gasteiger partial charge in [-0.1, -0.05) is 148 Å². The molecule has 5 aromatic rings. The number of aliphatic carboxylic acids is 1. The van der Waals surface area contributed by atoms with Crippen LogP contribution in [-0.4, -0.2) is 297 Å². The van der Waals surface area contributed by atoms with Crippen molar-refractivity contribution in [1.29, 1.82) is 5.41 Å². The molecule has 14 atom stereocenters. The number of rotatable bonds is 33. The fourth-order valence-electron chi connectivity index (χ4n) is 16.0. The van der Waals surface area contributed by atoms with E-state index >= 15 is 52.7 Å². The molecule has 2 aliphatic heterocycles. The van der Waals surface area contributed by atoms with Gasteiger partial charge in [0.05, 0.1) is 44.0 Å². The standard InChI is InChI=1S/C98H136N24O22S/c1-55(2)82-93(141)114-69(47-77(100)125)88(136)113-68(43-60-35-37-63(124)38-36-60)87(135)111-64(32-20-21-41-108-98(4,5)6)84(132)110-65(33-22-40-106-97(103)104)85(133)115-71(49-81(129)130)96(144)122-51-62-31-19-18-30-61(62)46-76(122)92(140)116-70(48-78(101)126)95(143)121(8)75(45-59-28-16-11-17-29-59)91(139)118-73(83(131)107-50-79(102)127)53-145-54-80(128)109-67(42-57-24-12-9-13-25-57)86(134)112-66(34-23-39-105-56(3)99)94(142)120(7)74(44-58-26-14-10-15-27-58)90(138)117-72(52-123)89(137)119-82/h9-19,24-31,35-38,55,64-76,82,105,108,123-124H,3,20-23,32-34,39-54,99H2,1-2,4-8H3,(H2,100,125)(H2,101,126)(H2,102,127)(H,107,131)(H,109,128)(H,110,132)(H,111,135)(H,112,134)(H,113,136)(H,114,141)(H,115,133)(H,116,140)(H,117,138)(H,118,139)(H,119,137)(H,129,130)(H4,103,104,106)/t64-,65-,66-,67-,68-,69-,70-,71-,72-,73-,74-,75-,76-,82-/m0/s1. The average molecular weight is 2030 g/mol. The lowest BCUT2D eigenvalue weighted by molar-refractivity contribution is -0.149. The summed E-state index contributed by atoms with van der Waals surface area (Å²) in [5.74, 6) is -24.3. The highest BCUT2D eigenvalue weighted by atomic mass is 32.2. The number of phenols is 1. The minimum Gasteiger partial charge on any atom is -0.508 e. The van der Waals surface area contributed by atoms with Gasteiger partial charge in [-0.15, -0.1) is 11.8 Å². The molecule has 47 heteroatoms. The van der Waals surface area contributed by atoms with E-state index in [4.69, 9.17) is 34.1 Å². The van der Waals surface area contributed by atoms with Crippen LogP contribution in [0, 0.1) is 11.3 Å². The third-order valence-electron chi connectivity index (χ3n) is 23.7. The molecular weight excluding hydrogens is 1900 g/mol. The SMILES string of the molecule is C=C(N)NCCC[C@@H]1NC(=O)[C@H](Cc2ccccc2)NC(=O)CSC[C@@H](C(=O)NCC(N)=O)NC(=O)[C@H](Cc2ccccc2)N(C)C(=O)[C@H](CC(N)=O)NC(=O)[C@@H]2Cc3ccccc3CN2C(=O)[C@H](CC(=O)O)NC(=O)[C@H](CCCNC(=N)N)NC(=O)[C@H](CCCCNC(C)(C)C)NC(=O)[C@H](Cc2ccc(O)cc2)NC(=O)[C@H](CC(N)=O)NC(=O)[C@H](C(C)C)NC(=O)[C@H](CO)NC(=O)[C@H](Cc2ccccc2)N(C)C1=O. The van der Waals surface area contributed by atoms with Gasteiger partial charge in [-0.3, -0.25) is 96.5 Å². The molecule has 0 aromatic heterocycles. The maximum absolute atomic E-state index is 15.6. The zero-order valence-electron chi connectivity index (χ0n) is 82.1. The lowest BCUT2D eigenvalue weighted by Crippen LogP contribution is -2.63. The number of aliphatic hydroxyl groups excluding tert-OH is 1. The second-order valence-corrected chi connectivity index (χ2v) is 37.8. The van der Waals surface area contributed by atoms with Crippen molar-refractivity contribution in [2.24, 2.45) is 34.6 Å². The number of primary amides is 3. The lowest BCUT2D eigenvalue weighted by atomic mass is 9.92. The molecule has 1 saturated heterocycles. The van der Waals surface area contributed by atoms with E-state index in [0.29, 0.717) is 40.8 Å². The third kappa shape index (κ3) is 39.2. The number of likely N-dealkylation sites (N-methyl/N-ethyl adjacent to an activating group) is 2. The number of aliphatic hydroxyl groups is 1. The van der Waals surface area contributed by atoms with Gasteiger partial charge >= 0.3 is 5.97 Å². The van der Waals surface area contributed by atoms with Gasteiger partial charge in [0.1, 0.15) is 90.3 Å². The molecule has 0 unspecified atom stereocenters. The highest BCUT2D eigenvalue weighted by Crippen LogP contribution is 2.27. The van der Waals surface area contributed by atoms with Gasteiger partial charge in [0.2, 0.25) is 106 Å². The van der Waals surface area contributed by atoms with Crippen LogP contribution in [0.5, 0.6) is 5.75 Å². The Morgan fingerprint density at radius 1 is 0.455 bits per heavy atom. The van der Waals surface area contributed by atoms with Gasteiger partial charge in [-0.2, -0.15) is 0 Å². The minimum absolute atomic E-state index is 0.0481. The number of benzene rings is 5. The molecule has 29 N–H and O–H groups in total. The molecule has 0 radical (unpaired) electrons. The Bertz CT molecular complexity index is 5370. The molecule has 0 saturated carbocycles. The maximum Gasteiger partial charge on any atom is 0.305 e. The highest BCUT2D eigenvalue weighted by molar-refractivity contribution is 8.00. The van der Waals surface area contributed by atoms with E-state index in [1.807, 2.05) is 20.8 Å². The fraction of sp³-hybridized carbons (Fsp3) is 0.469. The normalized spacial score (nSPS) is 22.6. The molecule has 46 nitrogen and oxygen atoms in total. The Morgan fingerprint density at radius 3 is 1.40 bits per heavy atom. The number of guanidine groups is 1. The van der Waals surface area contributed by atoms with Gasteiger partial charge < -0.3 is 138 Å². The summed E-state index contributed by atoms with van der Waals surface area (Å²) in [7, 11) is 2.37. The first-order chi connectivity index (χ1) is 68.7. The van der Waals surface area contributed by atoms with Crippen LogP contribution in [-0.2, 0) is 130 Å². The van der Waals surface area contributed by atoms with Crippen LogP contribution in [0.15, 0.2) is 152 Å². The number of hydrogen-bond acceptors (Lipinski definition) is 26. The lowest BCUT2D eigenvalue weighted by Gasteiger charge is -2.39. The predicted molar refractivity (Wildman–Crippen MR) is 534 cm³/mol. The van der Waals surface area contributed by atoms with E-state index in [1.54, 1.807) is 115 Å². The Morgan fingerprint density at radius 2 is 0.883 bits per heavy atom. The summed E-state index contributed by atoms with van der Waals surface area (Å²) in [5.41, 5.74) is 30.7. The number of fused-ring (bicyclic) bond motifs is 2. The van der Waals surface area contributed by atoms with Crippen LogP contribution in [0.1, 0.15) is 132 Å². The first-order valence-electron chi connectivity index (χ1n) is 47.4. The van der Waals surface area contributed by atoms with E-state index in [-0.39, 0.29) is 94.4 Å². The molecule has 2 aliphatic rings. The number of nitrogens with one attached hydrogen (secondary N) is 16. The summed E-state index contributed by atoms with van der Waals surface area (Å²) in [5, 5.41) is 79.3. The number of carbonyl (C=O) groups excluding carboxylic acids is 18. The predicted octanol–water partition coefficient (Wildman–Crippen LogP) is -4.55. The van der Waals surface area contributed by atoms with E-state index in [0.717, 1.165) is 33.5 Å². The molecule has 18 amide bonds. The summed E-state index contributed by atoms with van der Waals surface area (Å²) in [6.07, 6.45) is -5.21. The Balaban J connectivity index is 1.38. The van der Waals surface area contributed by atoms with Crippen molar-refractivity contribution in [3.8, 4) is 5.75 Å². The molecule has 2 heterocycles. The number of hydrogen-bond donors (Lipinski definition) is 24. The van der Waals surface area contributed by atoms with Crippen molar-refractivity contribution in [3.63, 3.8) is 0 Å². The molecular formula is C98H136N24O22S. The minimum atomic E-state index is -2.12. The molecule has 5 aromatic carbocycles. The number of nitrogens with zero attached hydrogens (tertiary/aromatic N) is 3. The molecule has 0 spiro atoms. The molecule has 786 valence electrons. The monoisotopic (exact) mass is 2030 g/mol. The molecule has 0 aliphatic carbocycles. The number of carbonyl (C=O) groups is 19. The zero-order chi connectivity index (χ0) is 107. The van der Waals surface area contributed by atoms with Gasteiger partial charge in [-0.05, 0) is 124 Å². The van der Waals surface area contributed by atoms with E-state index < -0.39 is 271 Å². The van der Waals surface area contributed by atoms with E-state index in [1.165, 1.54) is 45.2 Å². The summed E-state index contributed by atoms with van der Waals surface area (Å²) in [6.45, 7) is 10.2. The molecule has 7 rings (SSSR count). The summed E-state index contributed by atoms with van der Waals surface area (Å²) in [6, 6.07) is 11.4. The van der Waals surface area contributed by atoms with Crippen LogP contribution in [0.25, 0.3) is 0 Å². The smallest absolute Gasteiger partial charge is 0.305 e. The Kier molecular flexibility index (Phi) is 46.4. The first kappa shape index (κ1) is 117. The van der Waals surface area contributed by atoms with Crippen molar-refractivity contribution in [2.45, 2.75) is 228 Å². The number of carboxylic acids is 1. The van der Waals surface area contributed by atoms with E-state index in [9.17, 15) is 53.7 Å². The van der Waals surface area contributed by atoms with Crippen molar-refractivity contribution in [3.05, 3.63) is 185 Å². The second-order valence-electron chi connectivity index (χ2n) is 36.8. The number of aromatic hydroxyl groups is 1. The van der Waals surface area contributed by atoms with E-state index in [2.05, 4.69) is 86.3 Å². The second kappa shape index (κ2) is 57.7. The number of amides is 18. The largest absolute Gasteiger partial charge is 0.508 e. The van der Waals surface area contributed by atoms with Crippen LogP contribution in [0.4, 0.5) is 0 Å². The Hall–Kier alpha value is -15.3. The number of carboxylic acid groups (broad SMARTS) is 1. The van der Waals surface area contributed by atoms with Gasteiger partial charge in [0.25, 0.3) is 0 Å². The number of unbranched alkanes of at least 4 members (excludes halogenated alkanes) is 1. The Labute approximate surface area is 843 Å². The van der Waals surface area contributed by atoms with Gasteiger partial charge in [-0.25, -0.2) is 0 Å². The molecule has 145 heavy (non-hydrogen) atoms. The maximum atomic E-state index is 15.6. The van der Waals surface area contributed by atoms with Gasteiger partial charge in [0, 0.05) is 77.1 Å². The summed E-state index contributed by atoms with van der Waals surface area (Å²) < 4.78 is 0. The summed E-state index contributed by atoms with van der Waals surface area (Å²) >= 11 is 0.733. The number of thioether (sulfide) groups is 1. The fourth-order valence-corrected chi connectivity index (χ4v) is 16.9. The van der Waals surface area contributed by atoms with Crippen LogP contribution in [0.2, 0.25) is 0 Å². The quantitative estimate of drug-likeness (QED) is 0.0107. The number of phenolic OH excluding ortho intramolecular Hbond substituents is 1. The molecule has 0 bridgehead atoms. The third-order valence-corrected chi connectivity index (χ3v) is 24.8. The molecule has 1 fully saturated rings. The van der Waals surface area contributed by atoms with Crippen LogP contribution < -0.4 is 108 Å². The number of nitrogens with two attached hydrogens (primary N) is 5. The van der Waals surface area contributed by atoms with Crippen LogP contribution in [0.3, 0.4) is 0 Å². The first-order valence-corrected chi connectivity index (χ1v) is 48.5. The van der Waals surface area contributed by atoms with Crippen LogP contribution >= 0.6 is 11.8 Å².